The fourth-order valence-electron chi connectivity index (χ4n) is 2.92. The molecule has 1 aliphatic carbocycles. The smallest absolute Gasteiger partial charge is 0.410 e. The van der Waals surface area contributed by atoms with E-state index in [1.165, 1.54) is 0 Å². The van der Waals surface area contributed by atoms with Crippen LogP contribution in [0.15, 0.2) is 0 Å². The van der Waals surface area contributed by atoms with Crippen LogP contribution in [0.1, 0.15) is 40.0 Å². The van der Waals surface area contributed by atoms with Crippen LogP contribution < -0.4 is 0 Å². The highest BCUT2D eigenvalue weighted by Gasteiger charge is 2.40. The summed E-state index contributed by atoms with van der Waals surface area (Å²) in [4.78, 5) is 13.7. The Labute approximate surface area is 103 Å². The largest absolute Gasteiger partial charge is 0.444 e. The van der Waals surface area contributed by atoms with Gasteiger partial charge in [-0.1, -0.05) is 0 Å². The Morgan fingerprint density at radius 2 is 2.00 bits per heavy atom. The molecule has 0 radical (unpaired) electrons. The van der Waals surface area contributed by atoms with E-state index >= 15 is 0 Å². The van der Waals surface area contributed by atoms with Crippen LogP contribution >= 0.6 is 0 Å². The summed E-state index contributed by atoms with van der Waals surface area (Å²) in [7, 11) is 0. The third-order valence-electron chi connectivity index (χ3n) is 3.79. The second kappa shape index (κ2) is 4.48. The Hall–Kier alpha value is -0.770. The van der Waals surface area contributed by atoms with Crippen molar-refractivity contribution in [2.24, 2.45) is 11.8 Å². The Kier molecular flexibility index (Phi) is 3.34. The predicted octanol–water partition coefficient (Wildman–Crippen LogP) is 2.01. The predicted molar refractivity (Wildman–Crippen MR) is 64.6 cm³/mol. The van der Waals surface area contributed by atoms with Crippen LogP contribution in [0.3, 0.4) is 0 Å². The number of nitrogens with zero attached hydrogens (tertiary/aromatic N) is 1. The number of fused-ring (bicyclic) bond motifs is 1. The summed E-state index contributed by atoms with van der Waals surface area (Å²) in [5, 5.41) is 9.88. The molecule has 1 saturated carbocycles. The van der Waals surface area contributed by atoms with E-state index in [2.05, 4.69) is 0 Å². The zero-order valence-corrected chi connectivity index (χ0v) is 11.0. The van der Waals surface area contributed by atoms with Gasteiger partial charge in [-0.15, -0.1) is 0 Å². The Balaban J connectivity index is 1.93. The van der Waals surface area contributed by atoms with Gasteiger partial charge in [-0.25, -0.2) is 4.79 Å². The molecule has 17 heavy (non-hydrogen) atoms. The van der Waals surface area contributed by atoms with Gasteiger partial charge in [0.25, 0.3) is 0 Å². The Morgan fingerprint density at radius 1 is 1.29 bits per heavy atom. The average molecular weight is 241 g/mol. The minimum Gasteiger partial charge on any atom is -0.444 e. The molecule has 0 spiro atoms. The van der Waals surface area contributed by atoms with E-state index in [9.17, 15) is 9.90 Å². The molecule has 1 saturated heterocycles. The molecular formula is C13H23NO3. The molecule has 4 nitrogen and oxygen atoms in total. The molecule has 0 aromatic rings. The standard InChI is InChI=1S/C13H23NO3/c1-13(2,3)17-12(16)14-7-6-9-4-5-11(15)10(9)8-14/h9-11,15H,4-8H2,1-3H3/t9-,10+,11-/m0/s1. The number of amides is 1. The summed E-state index contributed by atoms with van der Waals surface area (Å²) < 4.78 is 5.37. The number of aliphatic hydroxyl groups excluding tert-OH is 1. The lowest BCUT2D eigenvalue weighted by Gasteiger charge is -2.36. The van der Waals surface area contributed by atoms with Crippen LogP contribution in [0.25, 0.3) is 0 Å². The van der Waals surface area contributed by atoms with Crippen molar-refractivity contribution in [2.45, 2.75) is 51.7 Å². The second-order valence-corrected chi connectivity index (χ2v) is 6.28. The SMILES string of the molecule is CC(C)(C)OC(=O)N1CC[C@@H]2CC[C@H](O)[C@@H]2C1. The molecule has 3 atom stereocenters. The third-order valence-corrected chi connectivity index (χ3v) is 3.79. The Bertz CT molecular complexity index is 298. The highest BCUT2D eigenvalue weighted by atomic mass is 16.6. The van der Waals surface area contributed by atoms with Crippen LogP contribution in [-0.4, -0.2) is 40.9 Å². The van der Waals surface area contributed by atoms with Crippen molar-refractivity contribution in [3.05, 3.63) is 0 Å². The summed E-state index contributed by atoms with van der Waals surface area (Å²) in [6, 6.07) is 0. The zero-order chi connectivity index (χ0) is 12.6. The van der Waals surface area contributed by atoms with E-state index in [4.69, 9.17) is 4.74 Å². The van der Waals surface area contributed by atoms with E-state index in [1.807, 2.05) is 20.8 Å². The molecule has 1 heterocycles. The van der Waals surface area contributed by atoms with Gasteiger partial charge < -0.3 is 14.7 Å². The van der Waals surface area contributed by atoms with E-state index in [0.717, 1.165) is 25.8 Å². The van der Waals surface area contributed by atoms with Crippen molar-refractivity contribution in [3.63, 3.8) is 0 Å². The van der Waals surface area contributed by atoms with Crippen molar-refractivity contribution in [3.8, 4) is 0 Å². The molecule has 0 unspecified atom stereocenters. The van der Waals surface area contributed by atoms with Gasteiger partial charge in [-0.2, -0.15) is 0 Å². The number of hydrogen-bond donors (Lipinski definition) is 1. The fraction of sp³-hybridized carbons (Fsp3) is 0.923. The number of rotatable bonds is 0. The minimum absolute atomic E-state index is 0.231. The average Bonchev–Trinajstić information content (AvgIpc) is 2.57. The molecule has 0 aromatic heterocycles. The van der Waals surface area contributed by atoms with Gasteiger partial charge in [-0.3, -0.25) is 0 Å². The van der Waals surface area contributed by atoms with Gasteiger partial charge in [0.15, 0.2) is 0 Å². The lowest BCUT2D eigenvalue weighted by molar-refractivity contribution is 0.00177. The zero-order valence-electron chi connectivity index (χ0n) is 11.0. The maximum atomic E-state index is 11.9. The molecule has 2 aliphatic rings. The summed E-state index contributed by atoms with van der Waals surface area (Å²) in [5.41, 5.74) is -0.442. The number of hydrogen-bond acceptors (Lipinski definition) is 3. The van der Waals surface area contributed by atoms with Crippen molar-refractivity contribution in [2.75, 3.05) is 13.1 Å². The first-order valence-corrected chi connectivity index (χ1v) is 6.53. The third kappa shape index (κ3) is 2.92. The van der Waals surface area contributed by atoms with Gasteiger partial charge >= 0.3 is 6.09 Å². The summed E-state index contributed by atoms with van der Waals surface area (Å²) in [6.07, 6.45) is 2.52. The highest BCUT2D eigenvalue weighted by molar-refractivity contribution is 5.68. The Morgan fingerprint density at radius 3 is 2.65 bits per heavy atom. The summed E-state index contributed by atoms with van der Waals surface area (Å²) >= 11 is 0. The van der Waals surface area contributed by atoms with Crippen LogP contribution in [0, 0.1) is 11.8 Å². The number of likely N-dealkylation sites (tertiary alicyclic amines) is 1. The second-order valence-electron chi connectivity index (χ2n) is 6.28. The lowest BCUT2D eigenvalue weighted by atomic mass is 9.88. The van der Waals surface area contributed by atoms with Crippen LogP contribution in [0.4, 0.5) is 4.79 Å². The van der Waals surface area contributed by atoms with E-state index in [-0.39, 0.29) is 18.1 Å². The molecular weight excluding hydrogens is 218 g/mol. The van der Waals surface area contributed by atoms with Gasteiger partial charge in [0.05, 0.1) is 6.10 Å². The van der Waals surface area contributed by atoms with Crippen molar-refractivity contribution in [1.29, 1.82) is 0 Å². The normalized spacial score (nSPS) is 33.4. The van der Waals surface area contributed by atoms with Crippen LogP contribution in [0.5, 0.6) is 0 Å². The lowest BCUT2D eigenvalue weighted by Crippen LogP contribution is -2.46. The van der Waals surface area contributed by atoms with Gasteiger partial charge in [-0.05, 0) is 46.0 Å². The van der Waals surface area contributed by atoms with E-state index in [0.29, 0.717) is 12.5 Å². The molecule has 0 aromatic carbocycles. The highest BCUT2D eigenvalue weighted by Crippen LogP contribution is 2.38. The monoisotopic (exact) mass is 241 g/mol. The quantitative estimate of drug-likeness (QED) is 0.706. The first-order chi connectivity index (χ1) is 7.87. The summed E-state index contributed by atoms with van der Waals surface area (Å²) in [6.45, 7) is 7.05. The molecule has 0 bridgehead atoms. The number of aliphatic hydroxyl groups is 1. The molecule has 98 valence electrons. The van der Waals surface area contributed by atoms with Crippen molar-refractivity contribution in [1.82, 2.24) is 4.90 Å². The first kappa shape index (κ1) is 12.7. The topological polar surface area (TPSA) is 49.8 Å². The number of piperidine rings is 1. The maximum Gasteiger partial charge on any atom is 0.410 e. The fourth-order valence-corrected chi connectivity index (χ4v) is 2.92. The molecule has 1 amide bonds. The minimum atomic E-state index is -0.442. The number of carbonyl (C=O) groups excluding carboxylic acids is 1. The van der Waals surface area contributed by atoms with E-state index in [1.54, 1.807) is 4.90 Å². The maximum absolute atomic E-state index is 11.9. The molecule has 1 aliphatic heterocycles. The van der Waals surface area contributed by atoms with Crippen LogP contribution in [-0.2, 0) is 4.74 Å². The van der Waals surface area contributed by atoms with Gasteiger partial charge in [0, 0.05) is 19.0 Å². The number of ether oxygens (including phenoxy) is 1. The molecule has 1 N–H and O–H groups in total. The van der Waals surface area contributed by atoms with Crippen molar-refractivity contribution < 1.29 is 14.6 Å². The van der Waals surface area contributed by atoms with Gasteiger partial charge in [0.1, 0.15) is 5.60 Å². The van der Waals surface area contributed by atoms with Gasteiger partial charge in [0.2, 0.25) is 0 Å². The first-order valence-electron chi connectivity index (χ1n) is 6.53. The van der Waals surface area contributed by atoms with Crippen LogP contribution in [0.2, 0.25) is 0 Å². The van der Waals surface area contributed by atoms with Crippen molar-refractivity contribution >= 4 is 6.09 Å². The molecule has 4 heteroatoms. The number of carbonyl (C=O) groups is 1. The summed E-state index contributed by atoms with van der Waals surface area (Å²) in [5.74, 6) is 0.861. The van der Waals surface area contributed by atoms with E-state index < -0.39 is 5.60 Å². The molecule has 2 fully saturated rings. The molecule has 2 rings (SSSR count).